The van der Waals surface area contributed by atoms with Gasteiger partial charge in [-0.25, -0.2) is 4.79 Å². The molecule has 0 aromatic heterocycles. The number of hydrogen-bond acceptors (Lipinski definition) is 4. The number of hydrogen-bond donors (Lipinski definition) is 0. The Kier molecular flexibility index (Phi) is 6.40. The molecule has 3 rings (SSSR count). The molecule has 3 heterocycles. The molecule has 7 heteroatoms. The summed E-state index contributed by atoms with van der Waals surface area (Å²) in [6.45, 7) is 13.8. The minimum Gasteiger partial charge on any atom is -0.378 e. The summed E-state index contributed by atoms with van der Waals surface area (Å²) in [6.07, 6.45) is 1.21. The van der Waals surface area contributed by atoms with Gasteiger partial charge in [-0.1, -0.05) is 13.8 Å². The molecule has 3 saturated heterocycles. The Morgan fingerprint density at radius 3 is 1.96 bits per heavy atom. The molecular weight excluding hydrogens is 332 g/mol. The van der Waals surface area contributed by atoms with Crippen molar-refractivity contribution in [2.75, 3.05) is 65.6 Å². The van der Waals surface area contributed by atoms with Crippen LogP contribution in [0.2, 0.25) is 0 Å². The summed E-state index contributed by atoms with van der Waals surface area (Å²) in [5.74, 6) is 1.41. The molecule has 3 amide bonds. The van der Waals surface area contributed by atoms with Crippen molar-refractivity contribution in [1.29, 1.82) is 0 Å². The predicted octanol–water partition coefficient (Wildman–Crippen LogP) is 0.949. The number of morpholine rings is 1. The molecule has 3 fully saturated rings. The van der Waals surface area contributed by atoms with Crippen LogP contribution in [0.15, 0.2) is 0 Å². The first-order valence-corrected chi connectivity index (χ1v) is 10.1. The fraction of sp³-hybridized carbons (Fsp3) is 0.895. The third-order valence-corrected chi connectivity index (χ3v) is 5.95. The molecule has 0 radical (unpaired) electrons. The average molecular weight is 367 g/mol. The topological polar surface area (TPSA) is 56.3 Å². The molecule has 0 N–H and O–H groups in total. The van der Waals surface area contributed by atoms with Crippen molar-refractivity contribution in [3.8, 4) is 0 Å². The van der Waals surface area contributed by atoms with Gasteiger partial charge in [0.05, 0.1) is 19.3 Å². The van der Waals surface area contributed by atoms with Gasteiger partial charge in [0, 0.05) is 52.4 Å². The van der Waals surface area contributed by atoms with Crippen molar-refractivity contribution < 1.29 is 14.3 Å². The van der Waals surface area contributed by atoms with Crippen LogP contribution in [-0.2, 0) is 9.53 Å². The van der Waals surface area contributed by atoms with Crippen molar-refractivity contribution in [2.45, 2.75) is 33.2 Å². The Labute approximate surface area is 157 Å². The summed E-state index contributed by atoms with van der Waals surface area (Å²) in [4.78, 5) is 33.6. The van der Waals surface area contributed by atoms with Crippen LogP contribution < -0.4 is 0 Å². The van der Waals surface area contributed by atoms with E-state index >= 15 is 0 Å². The van der Waals surface area contributed by atoms with E-state index in [0.717, 1.165) is 26.2 Å². The highest BCUT2D eigenvalue weighted by Crippen LogP contribution is 2.22. The van der Waals surface area contributed by atoms with Crippen LogP contribution in [0.1, 0.15) is 27.2 Å². The van der Waals surface area contributed by atoms with Gasteiger partial charge in [-0.3, -0.25) is 9.69 Å². The van der Waals surface area contributed by atoms with Crippen LogP contribution in [0.3, 0.4) is 0 Å². The van der Waals surface area contributed by atoms with Gasteiger partial charge in [0.15, 0.2) is 0 Å². The summed E-state index contributed by atoms with van der Waals surface area (Å²) in [5, 5.41) is 0. The Hall–Kier alpha value is -1.34. The first-order chi connectivity index (χ1) is 12.5. The van der Waals surface area contributed by atoms with E-state index < -0.39 is 0 Å². The van der Waals surface area contributed by atoms with E-state index in [0.29, 0.717) is 51.2 Å². The zero-order chi connectivity index (χ0) is 18.7. The summed E-state index contributed by atoms with van der Waals surface area (Å²) in [7, 11) is 0. The van der Waals surface area contributed by atoms with Gasteiger partial charge >= 0.3 is 6.03 Å². The van der Waals surface area contributed by atoms with E-state index in [9.17, 15) is 9.59 Å². The first kappa shape index (κ1) is 19.4. The zero-order valence-electron chi connectivity index (χ0n) is 16.5. The number of ether oxygens (including phenoxy) is 1. The molecular formula is C19H34N4O3. The van der Waals surface area contributed by atoms with Gasteiger partial charge in [0.25, 0.3) is 0 Å². The fourth-order valence-electron chi connectivity index (χ4n) is 4.52. The van der Waals surface area contributed by atoms with E-state index in [1.165, 1.54) is 6.42 Å². The Morgan fingerprint density at radius 1 is 0.846 bits per heavy atom. The lowest BCUT2D eigenvalue weighted by Crippen LogP contribution is -2.59. The molecule has 26 heavy (non-hydrogen) atoms. The van der Waals surface area contributed by atoms with Crippen LogP contribution in [0.4, 0.5) is 4.79 Å². The summed E-state index contributed by atoms with van der Waals surface area (Å²) < 4.78 is 5.32. The number of likely N-dealkylation sites (tertiary alicyclic amines) is 1. The minimum atomic E-state index is -0.104. The van der Waals surface area contributed by atoms with Crippen molar-refractivity contribution >= 4 is 11.9 Å². The van der Waals surface area contributed by atoms with E-state index in [-0.39, 0.29) is 18.0 Å². The first-order valence-electron chi connectivity index (χ1n) is 10.1. The Balaban J connectivity index is 1.49. The lowest BCUT2D eigenvalue weighted by atomic mass is 9.91. The Bertz CT molecular complexity index is 491. The summed E-state index contributed by atoms with van der Waals surface area (Å²) >= 11 is 0. The minimum absolute atomic E-state index is 0.104. The van der Waals surface area contributed by atoms with E-state index in [1.807, 2.05) is 16.7 Å². The lowest BCUT2D eigenvalue weighted by Gasteiger charge is -2.42. The molecule has 3 unspecified atom stereocenters. The van der Waals surface area contributed by atoms with E-state index in [1.54, 1.807) is 0 Å². The lowest BCUT2D eigenvalue weighted by molar-refractivity contribution is -0.139. The van der Waals surface area contributed by atoms with Crippen molar-refractivity contribution in [3.63, 3.8) is 0 Å². The number of nitrogens with zero attached hydrogens (tertiary/aromatic N) is 4. The summed E-state index contributed by atoms with van der Waals surface area (Å²) in [5.41, 5.74) is 0. The maximum absolute atomic E-state index is 12.9. The number of urea groups is 1. The maximum Gasteiger partial charge on any atom is 0.320 e. The smallest absolute Gasteiger partial charge is 0.320 e. The quantitative estimate of drug-likeness (QED) is 0.730. The largest absolute Gasteiger partial charge is 0.378 e. The van der Waals surface area contributed by atoms with Crippen LogP contribution in [0.25, 0.3) is 0 Å². The van der Waals surface area contributed by atoms with Crippen LogP contribution >= 0.6 is 0 Å². The molecule has 0 saturated carbocycles. The standard InChI is InChI=1S/C19H34N4O3/c1-15-12-16(2)14-23(13-15)18(24)17(3)20-4-6-21(7-5-20)19(25)22-8-10-26-11-9-22/h15-17H,4-14H2,1-3H3. The number of piperazine rings is 1. The molecule has 0 bridgehead atoms. The van der Waals surface area contributed by atoms with E-state index in [4.69, 9.17) is 4.74 Å². The molecule has 0 spiro atoms. The molecule has 0 aromatic rings. The van der Waals surface area contributed by atoms with Crippen molar-refractivity contribution in [3.05, 3.63) is 0 Å². The number of rotatable bonds is 2. The summed E-state index contributed by atoms with van der Waals surface area (Å²) in [6, 6.07) is 0.0127. The highest BCUT2D eigenvalue weighted by Gasteiger charge is 2.33. The fourth-order valence-corrected chi connectivity index (χ4v) is 4.52. The Morgan fingerprint density at radius 2 is 1.38 bits per heavy atom. The van der Waals surface area contributed by atoms with Gasteiger partial charge in [-0.15, -0.1) is 0 Å². The molecule has 0 aliphatic carbocycles. The average Bonchev–Trinajstić information content (AvgIpc) is 2.66. The highest BCUT2D eigenvalue weighted by molar-refractivity contribution is 5.81. The monoisotopic (exact) mass is 366 g/mol. The van der Waals surface area contributed by atoms with Crippen LogP contribution in [-0.4, -0.2) is 103 Å². The number of amides is 3. The molecule has 148 valence electrons. The molecule has 0 aromatic carbocycles. The van der Waals surface area contributed by atoms with Gasteiger partial charge in [0.1, 0.15) is 0 Å². The number of piperidine rings is 1. The van der Waals surface area contributed by atoms with E-state index in [2.05, 4.69) is 23.6 Å². The second-order valence-electron chi connectivity index (χ2n) is 8.27. The van der Waals surface area contributed by atoms with Gasteiger partial charge < -0.3 is 19.4 Å². The third-order valence-electron chi connectivity index (χ3n) is 5.95. The predicted molar refractivity (Wildman–Crippen MR) is 99.9 cm³/mol. The van der Waals surface area contributed by atoms with Gasteiger partial charge in [-0.05, 0) is 25.2 Å². The molecule has 3 aliphatic rings. The third kappa shape index (κ3) is 4.49. The molecule has 3 aliphatic heterocycles. The SMILES string of the molecule is CC1CC(C)CN(C(=O)C(C)N2CCN(C(=O)N3CCOCC3)CC2)C1. The number of carbonyl (C=O) groups is 2. The molecule has 7 nitrogen and oxygen atoms in total. The highest BCUT2D eigenvalue weighted by atomic mass is 16.5. The van der Waals surface area contributed by atoms with Crippen molar-refractivity contribution in [2.24, 2.45) is 11.8 Å². The zero-order valence-corrected chi connectivity index (χ0v) is 16.5. The normalized spacial score (nSPS) is 29.6. The number of carbonyl (C=O) groups excluding carboxylic acids is 2. The van der Waals surface area contributed by atoms with Crippen LogP contribution in [0, 0.1) is 11.8 Å². The van der Waals surface area contributed by atoms with Gasteiger partial charge in [0.2, 0.25) is 5.91 Å². The maximum atomic E-state index is 12.9. The van der Waals surface area contributed by atoms with Gasteiger partial charge in [-0.2, -0.15) is 0 Å². The van der Waals surface area contributed by atoms with Crippen LogP contribution in [0.5, 0.6) is 0 Å². The second kappa shape index (κ2) is 8.57. The van der Waals surface area contributed by atoms with Crippen molar-refractivity contribution in [1.82, 2.24) is 19.6 Å². The molecule has 3 atom stereocenters. The second-order valence-corrected chi connectivity index (χ2v) is 8.27.